The van der Waals surface area contributed by atoms with Crippen molar-refractivity contribution >= 4 is 50.1 Å². The summed E-state index contributed by atoms with van der Waals surface area (Å²) in [5.74, 6) is -0.616. The summed E-state index contributed by atoms with van der Waals surface area (Å²) >= 11 is 3.49. The van der Waals surface area contributed by atoms with Crippen LogP contribution < -0.4 is 16.0 Å². The summed E-state index contributed by atoms with van der Waals surface area (Å²) in [6.07, 6.45) is 2.39. The first-order valence-electron chi connectivity index (χ1n) is 11.5. The lowest BCUT2D eigenvalue weighted by molar-refractivity contribution is -0.120. The number of carbonyl (C=O) groups is 3. The second-order valence-electron chi connectivity index (χ2n) is 8.12. The van der Waals surface area contributed by atoms with Crippen molar-refractivity contribution in [3.8, 4) is 0 Å². The lowest BCUT2D eigenvalue weighted by Crippen LogP contribution is -2.31. The minimum absolute atomic E-state index is 0.133. The fourth-order valence-corrected chi connectivity index (χ4v) is 4.27. The minimum atomic E-state index is -0.288. The highest BCUT2D eigenvalue weighted by molar-refractivity contribution is 9.10. The van der Waals surface area contributed by atoms with Crippen LogP contribution in [0.5, 0.6) is 0 Å². The number of fused-ring (bicyclic) bond motifs is 1. The number of hydrogen-bond acceptors (Lipinski definition) is 4. The second kappa shape index (κ2) is 12.1. The maximum atomic E-state index is 12.6. The predicted molar refractivity (Wildman–Crippen MR) is 144 cm³/mol. The molecule has 0 spiro atoms. The summed E-state index contributed by atoms with van der Waals surface area (Å²) in [4.78, 5) is 41.1. The standard InChI is InChI=1S/C28H25BrN4O3/c29-23-18-19(11-12-24(23)33-28(36)25-10-3-4-15-30-25)13-16-31-26(34)14-17-32-27(35)22-9-5-7-20-6-1-2-8-21(20)22/h1-12,15,18H,13-14,16-17H2,(H,31,34)(H,32,35)(H,33,36). The van der Waals surface area contributed by atoms with Gasteiger partial charge in [-0.2, -0.15) is 0 Å². The van der Waals surface area contributed by atoms with Crippen molar-refractivity contribution in [2.45, 2.75) is 12.8 Å². The monoisotopic (exact) mass is 544 g/mol. The fraction of sp³-hybridized carbons (Fsp3) is 0.143. The zero-order valence-corrected chi connectivity index (χ0v) is 21.0. The van der Waals surface area contributed by atoms with E-state index < -0.39 is 0 Å². The molecule has 0 atom stereocenters. The Hall–Kier alpha value is -4.04. The van der Waals surface area contributed by atoms with Crippen molar-refractivity contribution in [3.05, 3.63) is 106 Å². The molecule has 7 nitrogen and oxygen atoms in total. The SMILES string of the molecule is O=C(CCNC(=O)c1cccc2ccccc12)NCCc1ccc(NC(=O)c2ccccn2)c(Br)c1. The molecular formula is C28H25BrN4O3. The number of aromatic nitrogens is 1. The van der Waals surface area contributed by atoms with Crippen LogP contribution in [0.25, 0.3) is 10.8 Å². The number of hydrogen-bond donors (Lipinski definition) is 3. The van der Waals surface area contributed by atoms with Gasteiger partial charge in [-0.05, 0) is 69.0 Å². The van der Waals surface area contributed by atoms with Crippen LogP contribution in [0, 0.1) is 0 Å². The average Bonchev–Trinajstić information content (AvgIpc) is 2.90. The largest absolute Gasteiger partial charge is 0.356 e. The molecule has 3 N–H and O–H groups in total. The minimum Gasteiger partial charge on any atom is -0.356 e. The summed E-state index contributed by atoms with van der Waals surface area (Å²) < 4.78 is 0.742. The Morgan fingerprint density at radius 1 is 0.806 bits per heavy atom. The van der Waals surface area contributed by atoms with E-state index in [1.807, 2.05) is 54.6 Å². The molecule has 1 heterocycles. The first-order valence-corrected chi connectivity index (χ1v) is 12.3. The zero-order chi connectivity index (χ0) is 25.3. The molecule has 0 saturated carbocycles. The smallest absolute Gasteiger partial charge is 0.274 e. The third-order valence-electron chi connectivity index (χ3n) is 5.59. The van der Waals surface area contributed by atoms with Crippen molar-refractivity contribution in [2.24, 2.45) is 0 Å². The van der Waals surface area contributed by atoms with Crippen molar-refractivity contribution in [2.75, 3.05) is 18.4 Å². The van der Waals surface area contributed by atoms with Crippen LogP contribution >= 0.6 is 15.9 Å². The molecule has 3 aromatic carbocycles. The molecule has 8 heteroatoms. The van der Waals surface area contributed by atoms with Gasteiger partial charge in [-0.3, -0.25) is 19.4 Å². The number of anilines is 1. The van der Waals surface area contributed by atoms with E-state index in [0.717, 1.165) is 20.8 Å². The van der Waals surface area contributed by atoms with Gasteiger partial charge in [-0.25, -0.2) is 0 Å². The summed E-state index contributed by atoms with van der Waals surface area (Å²) in [7, 11) is 0. The number of amides is 3. The van der Waals surface area contributed by atoms with Crippen molar-refractivity contribution in [1.82, 2.24) is 15.6 Å². The predicted octanol–water partition coefficient (Wildman–Crippen LogP) is 4.73. The van der Waals surface area contributed by atoms with Gasteiger partial charge in [0.05, 0.1) is 5.69 Å². The molecule has 0 unspecified atom stereocenters. The van der Waals surface area contributed by atoms with E-state index in [4.69, 9.17) is 0 Å². The first kappa shape index (κ1) is 25.1. The van der Waals surface area contributed by atoms with Crippen molar-refractivity contribution < 1.29 is 14.4 Å². The number of nitrogens with zero attached hydrogens (tertiary/aromatic N) is 1. The van der Waals surface area contributed by atoms with Gasteiger partial charge in [-0.15, -0.1) is 0 Å². The molecule has 182 valence electrons. The van der Waals surface area contributed by atoms with Crippen LogP contribution in [0.4, 0.5) is 5.69 Å². The highest BCUT2D eigenvalue weighted by atomic mass is 79.9. The average molecular weight is 545 g/mol. The van der Waals surface area contributed by atoms with Crippen LogP contribution in [-0.4, -0.2) is 35.8 Å². The summed E-state index contributed by atoms with van der Waals surface area (Å²) in [5.41, 5.74) is 2.57. The lowest BCUT2D eigenvalue weighted by atomic mass is 10.0. The summed E-state index contributed by atoms with van der Waals surface area (Å²) in [6, 6.07) is 24.1. The maximum absolute atomic E-state index is 12.6. The maximum Gasteiger partial charge on any atom is 0.274 e. The number of carbonyl (C=O) groups excluding carboxylic acids is 3. The van der Waals surface area contributed by atoms with Gasteiger partial charge in [0.1, 0.15) is 5.69 Å². The van der Waals surface area contributed by atoms with E-state index in [1.165, 1.54) is 0 Å². The Labute approximate surface area is 217 Å². The third-order valence-corrected chi connectivity index (χ3v) is 6.24. The molecular weight excluding hydrogens is 520 g/mol. The Bertz CT molecular complexity index is 1390. The Balaban J connectivity index is 1.20. The number of nitrogens with one attached hydrogen (secondary N) is 3. The number of benzene rings is 3. The van der Waals surface area contributed by atoms with Gasteiger partial charge < -0.3 is 16.0 Å². The molecule has 0 aliphatic rings. The van der Waals surface area contributed by atoms with Crippen LogP contribution in [0.3, 0.4) is 0 Å². The molecule has 0 aliphatic carbocycles. The molecule has 0 fully saturated rings. The Kier molecular flexibility index (Phi) is 8.41. The number of halogens is 1. The second-order valence-corrected chi connectivity index (χ2v) is 8.97. The van der Waals surface area contributed by atoms with E-state index in [9.17, 15) is 14.4 Å². The van der Waals surface area contributed by atoms with E-state index in [2.05, 4.69) is 36.9 Å². The fourth-order valence-electron chi connectivity index (χ4n) is 3.74. The van der Waals surface area contributed by atoms with Gasteiger partial charge in [0, 0.05) is 35.7 Å². The molecule has 0 bridgehead atoms. The zero-order valence-electron chi connectivity index (χ0n) is 19.5. The normalized spacial score (nSPS) is 10.6. The summed E-state index contributed by atoms with van der Waals surface area (Å²) in [6.45, 7) is 0.715. The van der Waals surface area contributed by atoms with Gasteiger partial charge in [-0.1, -0.05) is 48.5 Å². The summed E-state index contributed by atoms with van der Waals surface area (Å²) in [5, 5.41) is 10.4. The van der Waals surface area contributed by atoms with E-state index >= 15 is 0 Å². The molecule has 1 aromatic heterocycles. The van der Waals surface area contributed by atoms with Crippen molar-refractivity contribution in [3.63, 3.8) is 0 Å². The molecule has 3 amide bonds. The van der Waals surface area contributed by atoms with Gasteiger partial charge in [0.15, 0.2) is 0 Å². The Morgan fingerprint density at radius 2 is 1.61 bits per heavy atom. The van der Waals surface area contributed by atoms with Gasteiger partial charge >= 0.3 is 0 Å². The van der Waals surface area contributed by atoms with E-state index in [-0.39, 0.29) is 30.7 Å². The molecule has 36 heavy (non-hydrogen) atoms. The first-order chi connectivity index (χ1) is 17.5. The molecule has 4 aromatic rings. The lowest BCUT2D eigenvalue weighted by Gasteiger charge is -2.10. The third kappa shape index (κ3) is 6.55. The topological polar surface area (TPSA) is 100 Å². The number of rotatable bonds is 9. The quantitative estimate of drug-likeness (QED) is 0.283. The molecule has 0 saturated heterocycles. The molecule has 4 rings (SSSR count). The van der Waals surface area contributed by atoms with Crippen LogP contribution in [0.2, 0.25) is 0 Å². The Morgan fingerprint density at radius 3 is 2.42 bits per heavy atom. The highest BCUT2D eigenvalue weighted by Crippen LogP contribution is 2.24. The van der Waals surface area contributed by atoms with Gasteiger partial charge in [0.25, 0.3) is 11.8 Å². The number of pyridine rings is 1. The van der Waals surface area contributed by atoms with E-state index in [0.29, 0.717) is 29.9 Å². The molecule has 0 radical (unpaired) electrons. The van der Waals surface area contributed by atoms with Crippen LogP contribution in [0.1, 0.15) is 32.8 Å². The van der Waals surface area contributed by atoms with Crippen LogP contribution in [0.15, 0.2) is 89.5 Å². The van der Waals surface area contributed by atoms with E-state index in [1.54, 1.807) is 30.5 Å². The highest BCUT2D eigenvalue weighted by Gasteiger charge is 2.11. The molecule has 0 aliphatic heterocycles. The van der Waals surface area contributed by atoms with Crippen LogP contribution in [-0.2, 0) is 11.2 Å². The van der Waals surface area contributed by atoms with Crippen molar-refractivity contribution in [1.29, 1.82) is 0 Å². The van der Waals surface area contributed by atoms with Gasteiger partial charge in [0.2, 0.25) is 5.91 Å².